The van der Waals surface area contributed by atoms with Gasteiger partial charge in [0.25, 0.3) is 11.8 Å². The lowest BCUT2D eigenvalue weighted by atomic mass is 10.0. The Hall–Kier alpha value is -3.57. The predicted molar refractivity (Wildman–Crippen MR) is 119 cm³/mol. The van der Waals surface area contributed by atoms with Crippen LogP contribution in [-0.2, 0) is 9.59 Å². The Bertz CT molecular complexity index is 1150. The van der Waals surface area contributed by atoms with Crippen molar-refractivity contribution < 1.29 is 14.3 Å². The maximum Gasteiger partial charge on any atom is 0.282 e. The van der Waals surface area contributed by atoms with Gasteiger partial charge in [-0.2, -0.15) is 0 Å². The Kier molecular flexibility index (Phi) is 5.29. The molecule has 1 N–H and O–H groups in total. The average molecular weight is 419 g/mol. The second-order valence-corrected chi connectivity index (χ2v) is 7.33. The van der Waals surface area contributed by atoms with E-state index in [0.717, 1.165) is 10.5 Å². The van der Waals surface area contributed by atoms with Crippen molar-refractivity contribution in [2.75, 3.05) is 17.3 Å². The molecular formula is C24H19ClN2O3. The lowest BCUT2D eigenvalue weighted by Gasteiger charge is -2.15. The number of methoxy groups -OCH3 is 1. The summed E-state index contributed by atoms with van der Waals surface area (Å²) in [6.07, 6.45) is 0. The third-order valence-electron chi connectivity index (χ3n) is 4.85. The van der Waals surface area contributed by atoms with Gasteiger partial charge in [0.2, 0.25) is 0 Å². The third-order valence-corrected chi connectivity index (χ3v) is 5.09. The summed E-state index contributed by atoms with van der Waals surface area (Å²) < 4.78 is 5.18. The second kappa shape index (κ2) is 8.05. The van der Waals surface area contributed by atoms with E-state index in [1.807, 2.05) is 31.2 Å². The molecule has 5 nitrogen and oxygen atoms in total. The average Bonchev–Trinajstić information content (AvgIpc) is 2.99. The highest BCUT2D eigenvalue weighted by atomic mass is 35.5. The molecule has 4 rings (SSSR count). The first-order valence-electron chi connectivity index (χ1n) is 9.34. The lowest BCUT2D eigenvalue weighted by molar-refractivity contribution is -0.120. The van der Waals surface area contributed by atoms with Crippen LogP contribution in [0.25, 0.3) is 5.57 Å². The second-order valence-electron chi connectivity index (χ2n) is 6.90. The smallest absolute Gasteiger partial charge is 0.282 e. The summed E-state index contributed by atoms with van der Waals surface area (Å²) in [6.45, 7) is 1.97. The van der Waals surface area contributed by atoms with Gasteiger partial charge in [0.1, 0.15) is 11.4 Å². The maximum absolute atomic E-state index is 13.4. The van der Waals surface area contributed by atoms with Crippen LogP contribution in [0.2, 0.25) is 5.02 Å². The number of rotatable bonds is 5. The number of imide groups is 1. The molecule has 150 valence electrons. The fourth-order valence-electron chi connectivity index (χ4n) is 3.30. The predicted octanol–water partition coefficient (Wildman–Crippen LogP) is 5.05. The Balaban J connectivity index is 1.80. The molecule has 0 radical (unpaired) electrons. The van der Waals surface area contributed by atoms with Gasteiger partial charge in [0, 0.05) is 10.7 Å². The number of hydrogen-bond donors (Lipinski definition) is 1. The first kappa shape index (κ1) is 19.7. The number of anilines is 2. The van der Waals surface area contributed by atoms with Crippen molar-refractivity contribution in [2.24, 2.45) is 0 Å². The molecular weight excluding hydrogens is 400 g/mol. The molecule has 0 bridgehead atoms. The quantitative estimate of drug-likeness (QED) is 0.589. The van der Waals surface area contributed by atoms with E-state index in [1.165, 1.54) is 0 Å². The Morgan fingerprint density at radius 1 is 0.900 bits per heavy atom. The highest BCUT2D eigenvalue weighted by Crippen LogP contribution is 2.34. The van der Waals surface area contributed by atoms with Gasteiger partial charge in [-0.15, -0.1) is 0 Å². The zero-order valence-corrected chi connectivity index (χ0v) is 17.2. The molecule has 1 heterocycles. The summed E-state index contributed by atoms with van der Waals surface area (Å²) in [5.74, 6) is -0.140. The maximum atomic E-state index is 13.4. The van der Waals surface area contributed by atoms with Crippen molar-refractivity contribution in [3.8, 4) is 5.75 Å². The summed E-state index contributed by atoms with van der Waals surface area (Å²) in [4.78, 5) is 27.8. The van der Waals surface area contributed by atoms with E-state index in [-0.39, 0.29) is 5.70 Å². The molecule has 30 heavy (non-hydrogen) atoms. The molecule has 6 heteroatoms. The van der Waals surface area contributed by atoms with Gasteiger partial charge < -0.3 is 10.1 Å². The molecule has 0 aliphatic carbocycles. The van der Waals surface area contributed by atoms with Crippen LogP contribution >= 0.6 is 11.6 Å². The van der Waals surface area contributed by atoms with E-state index in [1.54, 1.807) is 55.6 Å². The molecule has 1 aliphatic heterocycles. The fraction of sp³-hybridized carbons (Fsp3) is 0.0833. The van der Waals surface area contributed by atoms with E-state index in [0.29, 0.717) is 33.3 Å². The van der Waals surface area contributed by atoms with Crippen molar-refractivity contribution in [3.63, 3.8) is 0 Å². The largest absolute Gasteiger partial charge is 0.497 e. The monoisotopic (exact) mass is 418 g/mol. The third kappa shape index (κ3) is 3.67. The van der Waals surface area contributed by atoms with Gasteiger partial charge in [-0.05, 0) is 55.0 Å². The number of carbonyl (C=O) groups excluding carboxylic acids is 2. The van der Waals surface area contributed by atoms with E-state index in [4.69, 9.17) is 16.3 Å². The highest BCUT2D eigenvalue weighted by Gasteiger charge is 2.40. The minimum atomic E-state index is -0.436. The summed E-state index contributed by atoms with van der Waals surface area (Å²) in [7, 11) is 1.59. The Morgan fingerprint density at radius 2 is 1.60 bits per heavy atom. The van der Waals surface area contributed by atoms with Crippen LogP contribution < -0.4 is 15.0 Å². The van der Waals surface area contributed by atoms with E-state index >= 15 is 0 Å². The van der Waals surface area contributed by atoms with Gasteiger partial charge in [-0.3, -0.25) is 9.59 Å². The van der Waals surface area contributed by atoms with Crippen LogP contribution in [0.3, 0.4) is 0 Å². The molecule has 0 spiro atoms. The van der Waals surface area contributed by atoms with Crippen molar-refractivity contribution in [1.29, 1.82) is 0 Å². The molecule has 0 saturated carbocycles. The molecule has 0 fully saturated rings. The molecule has 3 aromatic carbocycles. The number of nitrogens with one attached hydrogen (secondary N) is 1. The van der Waals surface area contributed by atoms with Crippen molar-refractivity contribution in [2.45, 2.75) is 6.92 Å². The first-order chi connectivity index (χ1) is 14.5. The standard InChI is InChI=1S/C24H19ClN2O3/c1-15-6-8-16(9-7-15)21-22(26-18-10-12-20(30-2)13-11-18)24(29)27(23(21)28)19-5-3-4-17(25)14-19/h3-14,26H,1-2H3. The topological polar surface area (TPSA) is 58.6 Å². The number of aryl methyl sites for hydroxylation is 1. The van der Waals surface area contributed by atoms with Gasteiger partial charge in [0.15, 0.2) is 0 Å². The van der Waals surface area contributed by atoms with Crippen LogP contribution in [0.5, 0.6) is 5.75 Å². The highest BCUT2D eigenvalue weighted by molar-refractivity contribution is 6.46. The van der Waals surface area contributed by atoms with Crippen LogP contribution in [0.1, 0.15) is 11.1 Å². The summed E-state index contributed by atoms with van der Waals surface area (Å²) in [6, 6.07) is 21.3. The number of amides is 2. The fourth-order valence-corrected chi connectivity index (χ4v) is 3.49. The summed E-state index contributed by atoms with van der Waals surface area (Å²) in [5, 5.41) is 3.57. The molecule has 0 aromatic heterocycles. The lowest BCUT2D eigenvalue weighted by Crippen LogP contribution is -2.32. The number of halogens is 1. The normalized spacial score (nSPS) is 13.8. The van der Waals surface area contributed by atoms with Crippen LogP contribution in [0.4, 0.5) is 11.4 Å². The molecule has 0 saturated heterocycles. The number of hydrogen-bond acceptors (Lipinski definition) is 4. The summed E-state index contributed by atoms with van der Waals surface area (Å²) >= 11 is 6.09. The number of benzene rings is 3. The first-order valence-corrected chi connectivity index (χ1v) is 9.72. The van der Waals surface area contributed by atoms with Gasteiger partial charge in [0.05, 0.1) is 18.4 Å². The zero-order valence-electron chi connectivity index (χ0n) is 16.5. The summed E-state index contributed by atoms with van der Waals surface area (Å²) in [5.41, 5.74) is 3.36. The van der Waals surface area contributed by atoms with Crippen LogP contribution in [0.15, 0.2) is 78.5 Å². The molecule has 3 aromatic rings. The Morgan fingerprint density at radius 3 is 2.23 bits per heavy atom. The van der Waals surface area contributed by atoms with Crippen LogP contribution in [-0.4, -0.2) is 18.9 Å². The van der Waals surface area contributed by atoms with Crippen molar-refractivity contribution >= 4 is 40.4 Å². The molecule has 0 unspecified atom stereocenters. The number of carbonyl (C=O) groups is 2. The number of nitrogens with zero attached hydrogens (tertiary/aromatic N) is 1. The van der Waals surface area contributed by atoms with Crippen molar-refractivity contribution in [1.82, 2.24) is 0 Å². The van der Waals surface area contributed by atoms with Crippen molar-refractivity contribution in [3.05, 3.63) is 94.6 Å². The van der Waals surface area contributed by atoms with E-state index in [2.05, 4.69) is 5.32 Å². The minimum Gasteiger partial charge on any atom is -0.497 e. The molecule has 1 aliphatic rings. The molecule has 2 amide bonds. The SMILES string of the molecule is COc1ccc(NC2=C(c3ccc(C)cc3)C(=O)N(c3cccc(Cl)c3)C2=O)cc1. The molecule has 0 atom stereocenters. The Labute approximate surface area is 179 Å². The van der Waals surface area contributed by atoms with E-state index in [9.17, 15) is 9.59 Å². The minimum absolute atomic E-state index is 0.217. The van der Waals surface area contributed by atoms with E-state index < -0.39 is 11.8 Å². The number of ether oxygens (including phenoxy) is 1. The zero-order chi connectivity index (χ0) is 21.3. The van der Waals surface area contributed by atoms with Gasteiger partial charge in [-0.25, -0.2) is 4.90 Å². The van der Waals surface area contributed by atoms with Gasteiger partial charge in [-0.1, -0.05) is 47.5 Å². The van der Waals surface area contributed by atoms with Gasteiger partial charge >= 0.3 is 0 Å². The van der Waals surface area contributed by atoms with Crippen LogP contribution in [0, 0.1) is 6.92 Å².